The fraction of sp³-hybridized carbons (Fsp3) is 0.377. The summed E-state index contributed by atoms with van der Waals surface area (Å²) in [7, 11) is 2.06. The van der Waals surface area contributed by atoms with Crippen molar-refractivity contribution in [2.24, 2.45) is 33.3 Å². The number of amidine groups is 2. The molecule has 0 bridgehead atoms. The number of hydrogen-bond acceptors (Lipinski definition) is 10. The second-order valence-corrected chi connectivity index (χ2v) is 20.7. The lowest BCUT2D eigenvalue weighted by Gasteiger charge is -2.41. The molecule has 2 fully saturated rings. The third-order valence-electron chi connectivity index (χ3n) is 14.7. The second kappa shape index (κ2) is 23.2. The van der Waals surface area contributed by atoms with Crippen molar-refractivity contribution < 1.29 is 14.4 Å². The molecule has 0 spiro atoms. The minimum atomic E-state index is -0.0132. The Bertz CT molecular complexity index is 3150. The van der Waals surface area contributed by atoms with Gasteiger partial charge in [0.25, 0.3) is 5.56 Å². The van der Waals surface area contributed by atoms with Gasteiger partial charge in [-0.15, -0.1) is 0 Å². The van der Waals surface area contributed by atoms with E-state index in [0.717, 1.165) is 126 Å². The Morgan fingerprint density at radius 3 is 1.81 bits per heavy atom. The number of aryl methyl sites for hydroxylation is 1. The maximum Gasteiger partial charge on any atom is 0.258 e. The van der Waals surface area contributed by atoms with E-state index < -0.39 is 0 Å². The van der Waals surface area contributed by atoms with Crippen LogP contribution in [0.3, 0.4) is 0 Å². The molecule has 0 unspecified atom stereocenters. The van der Waals surface area contributed by atoms with Gasteiger partial charge in [0.15, 0.2) is 6.29 Å². The van der Waals surface area contributed by atoms with Crippen LogP contribution in [0.2, 0.25) is 0 Å². The van der Waals surface area contributed by atoms with E-state index in [0.29, 0.717) is 72.6 Å². The number of carbonyl (C=O) groups is 3. The number of amides is 2. The SMILES string of the molecule is CCCN(CCC)C(=O)C1=Cc2ccc(-c3ccc(C=O)c(/C=C\N(C)CC4CN(CCN(CCC)C(=O)C5=Cc6ccc(-c7ccc8c(=O)n(CCC9CC9)ccc8c7)cc6N=C(N)C5)C4)c3)cc2N=C(N)C1. The van der Waals surface area contributed by atoms with Gasteiger partial charge in [0.05, 0.1) is 11.4 Å². The number of fused-ring (bicyclic) bond motifs is 3. The molecule has 9 rings (SSSR count). The summed E-state index contributed by atoms with van der Waals surface area (Å²) in [5.74, 6) is 2.02. The van der Waals surface area contributed by atoms with Crippen molar-refractivity contribution in [3.8, 4) is 22.3 Å². The zero-order valence-electron chi connectivity index (χ0n) is 43.6. The molecule has 5 aromatic rings. The molecule has 1 saturated heterocycles. The molecule has 13 heteroatoms. The van der Waals surface area contributed by atoms with Crippen LogP contribution in [0.4, 0.5) is 11.4 Å². The van der Waals surface area contributed by atoms with Crippen molar-refractivity contribution in [1.29, 1.82) is 0 Å². The first-order valence-corrected chi connectivity index (χ1v) is 26.7. The van der Waals surface area contributed by atoms with Crippen molar-refractivity contribution in [2.45, 2.75) is 78.7 Å². The highest BCUT2D eigenvalue weighted by molar-refractivity contribution is 6.07. The summed E-state index contributed by atoms with van der Waals surface area (Å²) in [5.41, 5.74) is 22.6. The number of rotatable bonds is 21. The molecule has 74 heavy (non-hydrogen) atoms. The van der Waals surface area contributed by atoms with Gasteiger partial charge in [0.1, 0.15) is 11.7 Å². The first-order valence-electron chi connectivity index (χ1n) is 26.7. The van der Waals surface area contributed by atoms with Crippen molar-refractivity contribution in [3.63, 3.8) is 0 Å². The molecule has 0 atom stereocenters. The molecule has 384 valence electrons. The third kappa shape index (κ3) is 12.2. The minimum absolute atomic E-state index is 0.00772. The summed E-state index contributed by atoms with van der Waals surface area (Å²) in [4.78, 5) is 71.1. The number of hydrogen-bond donors (Lipinski definition) is 2. The monoisotopic (exact) mass is 994 g/mol. The number of aromatic nitrogens is 1. The summed E-state index contributed by atoms with van der Waals surface area (Å²) in [6, 6.07) is 25.9. The topological polar surface area (TPSA) is 163 Å². The number of nitrogens with two attached hydrogens (primary N) is 2. The predicted octanol–water partition coefficient (Wildman–Crippen LogP) is 9.92. The Morgan fingerprint density at radius 1 is 0.676 bits per heavy atom. The van der Waals surface area contributed by atoms with Crippen LogP contribution in [0.15, 0.2) is 117 Å². The lowest BCUT2D eigenvalue weighted by atomic mass is 9.97. The van der Waals surface area contributed by atoms with Gasteiger partial charge in [-0.3, -0.25) is 19.2 Å². The first-order chi connectivity index (χ1) is 35.9. The van der Waals surface area contributed by atoms with Crippen molar-refractivity contribution in [2.75, 3.05) is 59.4 Å². The molecule has 3 aliphatic heterocycles. The molecule has 0 radical (unpaired) electrons. The lowest BCUT2D eigenvalue weighted by Crippen LogP contribution is -2.53. The fourth-order valence-electron chi connectivity index (χ4n) is 10.6. The molecule has 13 nitrogen and oxygen atoms in total. The summed E-state index contributed by atoms with van der Waals surface area (Å²) >= 11 is 0. The van der Waals surface area contributed by atoms with Gasteiger partial charge < -0.3 is 35.6 Å². The van der Waals surface area contributed by atoms with Gasteiger partial charge in [-0.1, -0.05) is 76.1 Å². The van der Waals surface area contributed by atoms with E-state index in [9.17, 15) is 19.2 Å². The van der Waals surface area contributed by atoms with Crippen LogP contribution in [0.25, 0.3) is 51.3 Å². The fourth-order valence-corrected chi connectivity index (χ4v) is 10.6. The molecule has 4 heterocycles. The van der Waals surface area contributed by atoms with E-state index in [2.05, 4.69) is 43.7 Å². The summed E-state index contributed by atoms with van der Waals surface area (Å²) < 4.78 is 1.84. The molecular formula is C61H71N9O4. The predicted molar refractivity (Wildman–Crippen MR) is 302 cm³/mol. The van der Waals surface area contributed by atoms with Crippen molar-refractivity contribution >= 4 is 70.1 Å². The number of aldehydes is 1. The number of carbonyl (C=O) groups excluding carboxylic acids is 3. The van der Waals surface area contributed by atoms with Crippen molar-refractivity contribution in [3.05, 3.63) is 135 Å². The summed E-state index contributed by atoms with van der Waals surface area (Å²) in [6.45, 7) is 13.2. The van der Waals surface area contributed by atoms with E-state index in [4.69, 9.17) is 21.5 Å². The number of aliphatic imine (C=N–C) groups is 2. The van der Waals surface area contributed by atoms with Crippen LogP contribution >= 0.6 is 0 Å². The zero-order chi connectivity index (χ0) is 51.9. The molecular weight excluding hydrogens is 923 g/mol. The minimum Gasteiger partial charge on any atom is -0.387 e. The van der Waals surface area contributed by atoms with E-state index in [1.165, 1.54) is 12.8 Å². The maximum absolute atomic E-state index is 14.2. The highest BCUT2D eigenvalue weighted by Gasteiger charge is 2.29. The highest BCUT2D eigenvalue weighted by Crippen LogP contribution is 2.36. The highest BCUT2D eigenvalue weighted by atomic mass is 16.2. The Hall–Kier alpha value is -7.38. The van der Waals surface area contributed by atoms with Crippen LogP contribution in [0.5, 0.6) is 0 Å². The van der Waals surface area contributed by atoms with E-state index in [1.54, 1.807) is 0 Å². The average Bonchev–Trinajstić information content (AvgIpc) is 4.25. The zero-order valence-corrected chi connectivity index (χ0v) is 43.6. The molecule has 1 aliphatic carbocycles. The van der Waals surface area contributed by atoms with Gasteiger partial charge in [-0.2, -0.15) is 0 Å². The Labute approximate surface area is 435 Å². The normalized spacial score (nSPS) is 15.7. The van der Waals surface area contributed by atoms with Crippen LogP contribution in [-0.2, 0) is 16.1 Å². The van der Waals surface area contributed by atoms with Gasteiger partial charge in [0, 0.05) is 124 Å². The largest absolute Gasteiger partial charge is 0.387 e. The molecule has 1 aromatic heterocycles. The van der Waals surface area contributed by atoms with Crippen LogP contribution < -0.4 is 17.0 Å². The van der Waals surface area contributed by atoms with Crippen LogP contribution in [0, 0.1) is 11.8 Å². The van der Waals surface area contributed by atoms with Crippen molar-refractivity contribution in [1.82, 2.24) is 24.2 Å². The lowest BCUT2D eigenvalue weighted by molar-refractivity contribution is -0.128. The number of likely N-dealkylation sites (tertiary alicyclic amines) is 1. The molecule has 2 amide bonds. The van der Waals surface area contributed by atoms with E-state index in [-0.39, 0.29) is 23.8 Å². The Kier molecular flexibility index (Phi) is 16.2. The van der Waals surface area contributed by atoms with Gasteiger partial charge in [-0.25, -0.2) is 9.98 Å². The average molecular weight is 994 g/mol. The maximum atomic E-state index is 14.2. The standard InChI is InChI=1S/C61H71N9O4/c1-5-21-68(22-6-2)59(72)52-31-49-13-10-45(33-55(49)64-57(62)35-52)43-12-15-51(40-71)47(29-43)19-24-66(4)37-42-38-67(39-42)27-28-69(23-7-3)60(73)53-32-50-14-11-46(34-56(50)65-58(63)36-53)44-16-17-54-48(30-44)20-26-70(61(54)74)25-18-41-8-9-41/h10-17,19-20,24,26,29-34,40-42H,5-9,18,21-23,25,27-28,35-39H2,1-4H3,(H2,62,64)(H2,63,65)/b24-19-. The quantitative estimate of drug-likeness (QED) is 0.0687. The van der Waals surface area contributed by atoms with Gasteiger partial charge in [-0.05, 0) is 126 Å². The van der Waals surface area contributed by atoms with E-state index >= 15 is 0 Å². The Balaban J connectivity index is 0.792. The first kappa shape index (κ1) is 51.5. The summed E-state index contributed by atoms with van der Waals surface area (Å²) in [5, 5.41) is 1.63. The van der Waals surface area contributed by atoms with Gasteiger partial charge >= 0.3 is 0 Å². The smallest absolute Gasteiger partial charge is 0.258 e. The Morgan fingerprint density at radius 2 is 1.23 bits per heavy atom. The summed E-state index contributed by atoms with van der Waals surface area (Å²) in [6.07, 6.45) is 17.5. The molecule has 4 aliphatic rings. The third-order valence-corrected chi connectivity index (χ3v) is 14.7. The molecule has 4 N–H and O–H groups in total. The molecule has 4 aromatic carbocycles. The number of nitrogens with zero attached hydrogens (tertiary/aromatic N) is 7. The van der Waals surface area contributed by atoms with E-state index in [1.807, 2.05) is 118 Å². The van der Waals surface area contributed by atoms with Gasteiger partial charge in [0.2, 0.25) is 11.8 Å². The second-order valence-electron chi connectivity index (χ2n) is 20.7. The number of pyridine rings is 1. The number of benzene rings is 4. The molecule has 1 saturated carbocycles. The van der Waals surface area contributed by atoms with Crippen LogP contribution in [0.1, 0.15) is 99.2 Å². The van der Waals surface area contributed by atoms with Crippen LogP contribution in [-0.4, -0.2) is 113 Å².